The molecule has 2 aromatic rings. The number of nitrogens with zero attached hydrogens (tertiary/aromatic N) is 1. The molecule has 1 amide bonds. The van der Waals surface area contributed by atoms with E-state index in [0.717, 1.165) is 29.8 Å². The Hall–Kier alpha value is -3.45. The number of carbonyl (C=O) groups is 2. The van der Waals surface area contributed by atoms with Crippen LogP contribution in [-0.4, -0.2) is 44.0 Å². The molecule has 4 N–H and O–H groups in total. The minimum absolute atomic E-state index is 0.124. The van der Waals surface area contributed by atoms with E-state index in [-0.39, 0.29) is 17.9 Å². The molecule has 0 aromatic heterocycles. The van der Waals surface area contributed by atoms with Gasteiger partial charge in [0.1, 0.15) is 0 Å². The summed E-state index contributed by atoms with van der Waals surface area (Å²) in [5, 5.41) is 6.42. The largest absolute Gasteiger partial charge is 0.469 e. The Bertz CT molecular complexity index is 970. The van der Waals surface area contributed by atoms with Crippen molar-refractivity contribution in [3.05, 3.63) is 71.9 Å². The van der Waals surface area contributed by atoms with Gasteiger partial charge in [-0.25, -0.2) is 4.99 Å². The standard InChI is InChI=1S/C25H30N4O3/c1-17(25(31)32-2)22(15-23-21(28-16-26)9-6-14-27-23)29-24(30)20-12-10-19(11-13-20)18-7-4-3-5-8-18/h3-5,7-13,16-17,22-23,27H,6,14-15H2,1-2H3,(H2,26,28)(H,29,30)/t17-,22-,23?/m1/s1. The first-order valence-electron chi connectivity index (χ1n) is 10.8. The van der Waals surface area contributed by atoms with Crippen LogP contribution in [0.25, 0.3) is 11.1 Å². The van der Waals surface area contributed by atoms with Gasteiger partial charge in [0, 0.05) is 11.6 Å². The molecule has 0 spiro atoms. The van der Waals surface area contributed by atoms with E-state index >= 15 is 0 Å². The number of hydrogen-bond donors (Lipinski definition) is 3. The summed E-state index contributed by atoms with van der Waals surface area (Å²) >= 11 is 0. The SMILES string of the molecule is COC(=O)[C@H](C)[C@@H](CC1NCCC=C1N=CN)NC(=O)c1ccc(-c2ccccc2)cc1. The van der Waals surface area contributed by atoms with Crippen molar-refractivity contribution in [1.82, 2.24) is 10.6 Å². The number of esters is 1. The summed E-state index contributed by atoms with van der Waals surface area (Å²) in [6.45, 7) is 2.55. The molecule has 0 radical (unpaired) electrons. The predicted octanol–water partition coefficient (Wildman–Crippen LogP) is 2.88. The molecular weight excluding hydrogens is 404 g/mol. The Labute approximate surface area is 188 Å². The highest BCUT2D eigenvalue weighted by molar-refractivity contribution is 5.95. The number of nitrogens with two attached hydrogens (primary N) is 1. The molecular formula is C25H30N4O3. The molecule has 0 aliphatic carbocycles. The summed E-state index contributed by atoms with van der Waals surface area (Å²) in [6, 6.07) is 16.8. The Kier molecular flexibility index (Phi) is 8.16. The number of aliphatic imine (C=N–C) groups is 1. The fourth-order valence-electron chi connectivity index (χ4n) is 3.85. The monoisotopic (exact) mass is 434 g/mol. The van der Waals surface area contributed by atoms with E-state index in [1.165, 1.54) is 13.4 Å². The lowest BCUT2D eigenvalue weighted by Gasteiger charge is -2.30. The van der Waals surface area contributed by atoms with Crippen molar-refractivity contribution in [3.8, 4) is 11.1 Å². The zero-order chi connectivity index (χ0) is 22.9. The average Bonchev–Trinajstić information content (AvgIpc) is 2.84. The van der Waals surface area contributed by atoms with Crippen molar-refractivity contribution in [2.45, 2.75) is 31.8 Å². The lowest BCUT2D eigenvalue weighted by atomic mass is 9.92. The molecule has 0 bridgehead atoms. The van der Waals surface area contributed by atoms with Crippen molar-refractivity contribution < 1.29 is 14.3 Å². The summed E-state index contributed by atoms with van der Waals surface area (Å²) in [5.41, 5.74) is 8.94. The zero-order valence-electron chi connectivity index (χ0n) is 18.5. The van der Waals surface area contributed by atoms with Gasteiger partial charge in [0.05, 0.1) is 31.1 Å². The van der Waals surface area contributed by atoms with Crippen LogP contribution in [0, 0.1) is 5.92 Å². The second kappa shape index (κ2) is 11.2. The second-order valence-corrected chi connectivity index (χ2v) is 7.77. The highest BCUT2D eigenvalue weighted by Gasteiger charge is 2.31. The van der Waals surface area contributed by atoms with Gasteiger partial charge >= 0.3 is 5.97 Å². The third-order valence-electron chi connectivity index (χ3n) is 5.71. The van der Waals surface area contributed by atoms with Crippen LogP contribution >= 0.6 is 0 Å². The van der Waals surface area contributed by atoms with E-state index in [1.807, 2.05) is 48.5 Å². The Balaban J connectivity index is 1.76. The van der Waals surface area contributed by atoms with Crippen LogP contribution in [0.4, 0.5) is 0 Å². The Morgan fingerprint density at radius 2 is 1.88 bits per heavy atom. The quantitative estimate of drug-likeness (QED) is 0.337. The highest BCUT2D eigenvalue weighted by atomic mass is 16.5. The molecule has 3 atom stereocenters. The first-order chi connectivity index (χ1) is 15.5. The second-order valence-electron chi connectivity index (χ2n) is 7.77. The van der Waals surface area contributed by atoms with Crippen molar-refractivity contribution >= 4 is 18.2 Å². The molecule has 1 heterocycles. The Morgan fingerprint density at radius 1 is 1.19 bits per heavy atom. The van der Waals surface area contributed by atoms with Crippen LogP contribution < -0.4 is 16.4 Å². The predicted molar refractivity (Wildman–Crippen MR) is 126 cm³/mol. The number of hydrogen-bond acceptors (Lipinski definition) is 5. The molecule has 7 nitrogen and oxygen atoms in total. The number of ether oxygens (including phenoxy) is 1. The van der Waals surface area contributed by atoms with Crippen LogP contribution in [0.1, 0.15) is 30.1 Å². The van der Waals surface area contributed by atoms with E-state index in [0.29, 0.717) is 12.0 Å². The fraction of sp³-hybridized carbons (Fsp3) is 0.320. The van der Waals surface area contributed by atoms with Crippen molar-refractivity contribution in [2.75, 3.05) is 13.7 Å². The smallest absolute Gasteiger partial charge is 0.310 e. The summed E-state index contributed by atoms with van der Waals surface area (Å²) in [7, 11) is 1.35. The summed E-state index contributed by atoms with van der Waals surface area (Å²) in [6.07, 6.45) is 4.61. The fourth-order valence-corrected chi connectivity index (χ4v) is 3.85. The number of amides is 1. The molecule has 7 heteroatoms. The van der Waals surface area contributed by atoms with Crippen LogP contribution in [0.15, 0.2) is 71.4 Å². The van der Waals surface area contributed by atoms with Crippen LogP contribution in [0.3, 0.4) is 0 Å². The molecule has 1 unspecified atom stereocenters. The molecule has 3 rings (SSSR count). The third-order valence-corrected chi connectivity index (χ3v) is 5.71. The maximum Gasteiger partial charge on any atom is 0.310 e. The van der Waals surface area contributed by atoms with E-state index in [4.69, 9.17) is 10.5 Å². The van der Waals surface area contributed by atoms with Gasteiger partial charge in [-0.05, 0) is 49.6 Å². The van der Waals surface area contributed by atoms with Crippen molar-refractivity contribution in [3.63, 3.8) is 0 Å². The number of nitrogens with one attached hydrogen (secondary N) is 2. The summed E-state index contributed by atoms with van der Waals surface area (Å²) < 4.78 is 4.93. The first-order valence-corrected chi connectivity index (χ1v) is 10.8. The van der Waals surface area contributed by atoms with Gasteiger partial charge in [-0.15, -0.1) is 0 Å². The first kappa shape index (κ1) is 23.2. The number of methoxy groups -OCH3 is 1. The van der Waals surface area contributed by atoms with Crippen LogP contribution in [0.5, 0.6) is 0 Å². The van der Waals surface area contributed by atoms with Gasteiger partial charge in [-0.2, -0.15) is 0 Å². The van der Waals surface area contributed by atoms with Gasteiger partial charge in [0.25, 0.3) is 5.91 Å². The zero-order valence-corrected chi connectivity index (χ0v) is 18.5. The van der Waals surface area contributed by atoms with Gasteiger partial charge in [-0.3, -0.25) is 9.59 Å². The molecule has 168 valence electrons. The topological polar surface area (TPSA) is 106 Å². The van der Waals surface area contributed by atoms with E-state index in [2.05, 4.69) is 15.6 Å². The van der Waals surface area contributed by atoms with Gasteiger partial charge in [0.15, 0.2) is 0 Å². The minimum atomic E-state index is -0.528. The number of benzene rings is 2. The number of rotatable bonds is 8. The number of carbonyl (C=O) groups excluding carboxylic acids is 2. The van der Waals surface area contributed by atoms with Crippen molar-refractivity contribution in [1.29, 1.82) is 0 Å². The Morgan fingerprint density at radius 3 is 2.53 bits per heavy atom. The molecule has 2 aromatic carbocycles. The maximum absolute atomic E-state index is 13.0. The van der Waals surface area contributed by atoms with E-state index in [9.17, 15) is 9.59 Å². The normalized spacial score (nSPS) is 17.9. The van der Waals surface area contributed by atoms with Crippen LogP contribution in [0.2, 0.25) is 0 Å². The molecule has 0 saturated carbocycles. The molecule has 1 aliphatic rings. The van der Waals surface area contributed by atoms with Gasteiger partial charge in [-0.1, -0.05) is 48.5 Å². The highest BCUT2D eigenvalue weighted by Crippen LogP contribution is 2.22. The summed E-state index contributed by atoms with van der Waals surface area (Å²) in [4.78, 5) is 29.5. The summed E-state index contributed by atoms with van der Waals surface area (Å²) in [5.74, 6) is -1.15. The van der Waals surface area contributed by atoms with Gasteiger partial charge < -0.3 is 21.1 Å². The molecule has 0 saturated heterocycles. The maximum atomic E-state index is 13.0. The molecule has 1 aliphatic heterocycles. The van der Waals surface area contributed by atoms with E-state index < -0.39 is 12.0 Å². The van der Waals surface area contributed by atoms with Gasteiger partial charge in [0.2, 0.25) is 0 Å². The molecule has 32 heavy (non-hydrogen) atoms. The van der Waals surface area contributed by atoms with Crippen molar-refractivity contribution in [2.24, 2.45) is 16.6 Å². The molecule has 0 fully saturated rings. The van der Waals surface area contributed by atoms with E-state index in [1.54, 1.807) is 19.1 Å². The lowest BCUT2D eigenvalue weighted by Crippen LogP contribution is -2.48. The third kappa shape index (κ3) is 5.82. The van der Waals surface area contributed by atoms with Crippen LogP contribution in [-0.2, 0) is 9.53 Å². The lowest BCUT2D eigenvalue weighted by molar-refractivity contribution is -0.145. The minimum Gasteiger partial charge on any atom is -0.469 e. The average molecular weight is 435 g/mol.